The first kappa shape index (κ1) is 23.1. The molecular formula is C20H24F3N5O2S. The molecule has 1 atom stereocenters. The van der Waals surface area contributed by atoms with Crippen molar-refractivity contribution in [2.75, 3.05) is 18.8 Å². The van der Waals surface area contributed by atoms with Crippen LogP contribution in [0.5, 0.6) is 0 Å². The quantitative estimate of drug-likeness (QED) is 0.650. The van der Waals surface area contributed by atoms with Crippen molar-refractivity contribution in [2.24, 2.45) is 0 Å². The normalized spacial score (nSPS) is 16.5. The van der Waals surface area contributed by atoms with Crippen LogP contribution >= 0.6 is 11.8 Å². The van der Waals surface area contributed by atoms with E-state index in [-0.39, 0.29) is 11.7 Å². The summed E-state index contributed by atoms with van der Waals surface area (Å²) in [6, 6.07) is 6.93. The second-order valence-corrected chi connectivity index (χ2v) is 8.17. The highest BCUT2D eigenvalue weighted by atomic mass is 32.2. The molecule has 0 bridgehead atoms. The van der Waals surface area contributed by atoms with Crippen LogP contribution in [-0.2, 0) is 16.1 Å². The predicted octanol–water partition coefficient (Wildman–Crippen LogP) is 3.04. The topological polar surface area (TPSA) is 80.1 Å². The first-order chi connectivity index (χ1) is 14.7. The van der Waals surface area contributed by atoms with Crippen molar-refractivity contribution < 1.29 is 22.8 Å². The summed E-state index contributed by atoms with van der Waals surface area (Å²) < 4.78 is 39.0. The van der Waals surface area contributed by atoms with E-state index in [4.69, 9.17) is 0 Å². The molecule has 1 unspecified atom stereocenters. The summed E-state index contributed by atoms with van der Waals surface area (Å²) >= 11 is 1.21. The van der Waals surface area contributed by atoms with E-state index in [9.17, 15) is 22.8 Å². The molecule has 3 rings (SSSR count). The summed E-state index contributed by atoms with van der Waals surface area (Å²) in [6.45, 7) is 3.49. The van der Waals surface area contributed by atoms with Crippen molar-refractivity contribution >= 4 is 23.6 Å². The van der Waals surface area contributed by atoms with Gasteiger partial charge in [-0.1, -0.05) is 36.0 Å². The lowest BCUT2D eigenvalue weighted by Crippen LogP contribution is -2.48. The highest BCUT2D eigenvalue weighted by Crippen LogP contribution is 2.27. The third-order valence-electron chi connectivity index (χ3n) is 5.08. The average Bonchev–Trinajstić information content (AvgIpc) is 3.37. The summed E-state index contributed by atoms with van der Waals surface area (Å²) in [5.41, 5.74) is 2.01. The second-order valence-electron chi connectivity index (χ2n) is 7.23. The number of aromatic nitrogens is 3. The lowest BCUT2D eigenvalue weighted by Gasteiger charge is -2.24. The predicted molar refractivity (Wildman–Crippen MR) is 110 cm³/mol. The number of benzene rings is 1. The van der Waals surface area contributed by atoms with Crippen molar-refractivity contribution in [3.63, 3.8) is 0 Å². The zero-order chi connectivity index (χ0) is 22.6. The first-order valence-corrected chi connectivity index (χ1v) is 11.0. The SMILES string of the molecule is CCn1c(SCC(=O)N2CCCC2C(=O)NCC(F)(F)F)nnc1-c1ccccc1C. The Hall–Kier alpha value is -2.56. The number of amides is 2. The molecule has 0 saturated carbocycles. The smallest absolute Gasteiger partial charge is 0.345 e. The molecule has 0 radical (unpaired) electrons. The number of nitrogens with one attached hydrogen (secondary N) is 1. The Labute approximate surface area is 182 Å². The molecular weight excluding hydrogens is 431 g/mol. The van der Waals surface area contributed by atoms with E-state index in [0.717, 1.165) is 11.1 Å². The molecule has 168 valence electrons. The molecule has 1 N–H and O–H groups in total. The Morgan fingerprint density at radius 2 is 2.00 bits per heavy atom. The Kier molecular flexibility index (Phi) is 7.24. The standard InChI is InChI=1S/C20H24F3N5O2S/c1-3-27-17(14-8-5-4-7-13(14)2)25-26-19(27)31-11-16(29)28-10-6-9-15(28)18(30)24-12-20(21,22)23/h4-5,7-8,15H,3,6,9-12H2,1-2H3,(H,24,30). The fourth-order valence-corrected chi connectivity index (χ4v) is 4.44. The van der Waals surface area contributed by atoms with Crippen molar-refractivity contribution in [1.82, 2.24) is 25.0 Å². The van der Waals surface area contributed by atoms with E-state index in [1.165, 1.54) is 16.7 Å². The average molecular weight is 456 g/mol. The highest BCUT2D eigenvalue weighted by molar-refractivity contribution is 7.99. The monoisotopic (exact) mass is 455 g/mol. The van der Waals surface area contributed by atoms with Gasteiger partial charge in [-0.15, -0.1) is 10.2 Å². The number of carbonyl (C=O) groups excluding carboxylic acids is 2. The van der Waals surface area contributed by atoms with E-state index in [2.05, 4.69) is 10.2 Å². The fourth-order valence-electron chi connectivity index (χ4n) is 3.56. The van der Waals surface area contributed by atoms with Gasteiger partial charge < -0.3 is 14.8 Å². The number of hydrogen-bond acceptors (Lipinski definition) is 5. The number of rotatable bonds is 7. The van der Waals surface area contributed by atoms with Crippen LogP contribution in [0, 0.1) is 6.92 Å². The zero-order valence-corrected chi connectivity index (χ0v) is 18.1. The lowest BCUT2D eigenvalue weighted by atomic mass is 10.1. The summed E-state index contributed by atoms with van der Waals surface area (Å²) in [6.07, 6.45) is -3.57. The molecule has 2 aromatic rings. The summed E-state index contributed by atoms with van der Waals surface area (Å²) in [4.78, 5) is 26.2. The van der Waals surface area contributed by atoms with E-state index >= 15 is 0 Å². The van der Waals surface area contributed by atoms with Crippen LogP contribution in [-0.4, -0.2) is 62.5 Å². The van der Waals surface area contributed by atoms with Crippen LogP contribution in [0.4, 0.5) is 13.2 Å². The molecule has 1 fully saturated rings. The van der Waals surface area contributed by atoms with Crippen LogP contribution < -0.4 is 5.32 Å². The molecule has 1 aliphatic rings. The van der Waals surface area contributed by atoms with Crippen LogP contribution in [0.1, 0.15) is 25.3 Å². The highest BCUT2D eigenvalue weighted by Gasteiger charge is 2.36. The van der Waals surface area contributed by atoms with Gasteiger partial charge in [0.1, 0.15) is 12.6 Å². The van der Waals surface area contributed by atoms with E-state index < -0.39 is 24.7 Å². The Bertz CT molecular complexity index is 947. The zero-order valence-electron chi connectivity index (χ0n) is 17.3. The maximum Gasteiger partial charge on any atom is 0.405 e. The number of halogens is 3. The van der Waals surface area contributed by atoms with Crippen LogP contribution in [0.3, 0.4) is 0 Å². The van der Waals surface area contributed by atoms with Gasteiger partial charge in [0.25, 0.3) is 0 Å². The van der Waals surface area contributed by atoms with Crippen molar-refractivity contribution in [3.8, 4) is 11.4 Å². The molecule has 1 aliphatic heterocycles. The molecule has 2 heterocycles. The molecule has 11 heteroatoms. The number of nitrogens with zero attached hydrogens (tertiary/aromatic N) is 4. The van der Waals surface area contributed by atoms with E-state index in [1.807, 2.05) is 48.0 Å². The van der Waals surface area contributed by atoms with Gasteiger partial charge in [0.2, 0.25) is 11.8 Å². The first-order valence-electron chi connectivity index (χ1n) is 9.97. The summed E-state index contributed by atoms with van der Waals surface area (Å²) in [7, 11) is 0. The number of hydrogen-bond donors (Lipinski definition) is 1. The van der Waals surface area contributed by atoms with Crippen LogP contribution in [0.15, 0.2) is 29.4 Å². The molecule has 1 aromatic carbocycles. The van der Waals surface area contributed by atoms with Gasteiger partial charge in [-0.3, -0.25) is 9.59 Å². The fraction of sp³-hybridized carbons (Fsp3) is 0.500. The van der Waals surface area contributed by atoms with Gasteiger partial charge in [0, 0.05) is 18.7 Å². The maximum absolute atomic E-state index is 12.7. The third kappa shape index (κ3) is 5.57. The molecule has 0 aliphatic carbocycles. The Balaban J connectivity index is 1.65. The van der Waals surface area contributed by atoms with Crippen molar-refractivity contribution in [1.29, 1.82) is 0 Å². The number of aryl methyl sites for hydroxylation is 1. The van der Waals surface area contributed by atoms with Gasteiger partial charge in [0.05, 0.1) is 5.75 Å². The van der Waals surface area contributed by atoms with Crippen LogP contribution in [0.25, 0.3) is 11.4 Å². The molecule has 2 amide bonds. The second kappa shape index (κ2) is 9.71. The maximum atomic E-state index is 12.7. The van der Waals surface area contributed by atoms with Gasteiger partial charge in [-0.25, -0.2) is 0 Å². The van der Waals surface area contributed by atoms with E-state index in [0.29, 0.717) is 36.9 Å². The third-order valence-corrected chi connectivity index (χ3v) is 6.03. The molecule has 31 heavy (non-hydrogen) atoms. The largest absolute Gasteiger partial charge is 0.405 e. The van der Waals surface area contributed by atoms with Crippen LogP contribution in [0.2, 0.25) is 0 Å². The number of carbonyl (C=O) groups is 2. The molecule has 1 aromatic heterocycles. The molecule has 1 saturated heterocycles. The minimum atomic E-state index is -4.49. The minimum absolute atomic E-state index is 0.0228. The van der Waals surface area contributed by atoms with E-state index in [1.54, 1.807) is 0 Å². The summed E-state index contributed by atoms with van der Waals surface area (Å²) in [5, 5.41) is 10.9. The van der Waals surface area contributed by atoms with Crippen molar-refractivity contribution in [3.05, 3.63) is 29.8 Å². The molecule has 7 nitrogen and oxygen atoms in total. The number of thioether (sulfide) groups is 1. The Morgan fingerprint density at radius 3 is 2.68 bits per heavy atom. The van der Waals surface area contributed by atoms with Gasteiger partial charge in [-0.2, -0.15) is 13.2 Å². The lowest BCUT2D eigenvalue weighted by molar-refractivity contribution is -0.144. The number of likely N-dealkylation sites (tertiary alicyclic amines) is 1. The van der Waals surface area contributed by atoms with Crippen molar-refractivity contribution in [2.45, 2.75) is 50.6 Å². The summed E-state index contributed by atoms with van der Waals surface area (Å²) in [5.74, 6) is -0.347. The number of alkyl halides is 3. The molecule has 0 spiro atoms. The minimum Gasteiger partial charge on any atom is -0.345 e. The van der Waals surface area contributed by atoms with Gasteiger partial charge in [0.15, 0.2) is 11.0 Å². The van der Waals surface area contributed by atoms with Gasteiger partial charge >= 0.3 is 6.18 Å². The Morgan fingerprint density at radius 1 is 1.26 bits per heavy atom. The van der Waals surface area contributed by atoms with Gasteiger partial charge in [-0.05, 0) is 32.3 Å².